The molecule has 2 heterocycles. The number of nitriles is 1. The number of hydrogen-bond donors (Lipinski definition) is 0. The molecule has 55 heavy (non-hydrogen) atoms. The van der Waals surface area contributed by atoms with Crippen molar-refractivity contribution in [2.75, 3.05) is 0 Å². The van der Waals surface area contributed by atoms with Crippen LogP contribution in [0.3, 0.4) is 0 Å². The summed E-state index contributed by atoms with van der Waals surface area (Å²) in [6, 6.07) is 64.1. The maximum atomic E-state index is 9.43. The predicted octanol–water partition coefficient (Wildman–Crippen LogP) is 12.8. The number of furan rings is 1. The highest BCUT2D eigenvalue weighted by atomic mass is 16.3. The summed E-state index contributed by atoms with van der Waals surface area (Å²) in [5.41, 5.74) is 11.6. The van der Waals surface area contributed by atoms with Crippen LogP contribution in [0.2, 0.25) is 0 Å². The van der Waals surface area contributed by atoms with Crippen LogP contribution in [0.15, 0.2) is 186 Å². The number of fused-ring (bicyclic) bond motifs is 5. The highest BCUT2D eigenvalue weighted by molar-refractivity contribution is 6.22. The van der Waals surface area contributed by atoms with Gasteiger partial charge in [0.1, 0.15) is 11.2 Å². The summed E-state index contributed by atoms with van der Waals surface area (Å²) >= 11 is 0. The van der Waals surface area contributed by atoms with E-state index < -0.39 is 0 Å². The van der Waals surface area contributed by atoms with Gasteiger partial charge in [0, 0.05) is 32.8 Å². The fraction of sp³-hybridized carbons (Fsp3) is 0. The highest BCUT2D eigenvalue weighted by Crippen LogP contribution is 2.43. The number of benzene rings is 8. The van der Waals surface area contributed by atoms with Crippen LogP contribution < -0.4 is 0 Å². The molecule has 0 atom stereocenters. The molecule has 0 bridgehead atoms. The van der Waals surface area contributed by atoms with E-state index in [0.717, 1.165) is 82.8 Å². The van der Waals surface area contributed by atoms with E-state index in [4.69, 9.17) is 19.4 Å². The van der Waals surface area contributed by atoms with Gasteiger partial charge in [-0.15, -0.1) is 0 Å². The average molecular weight is 703 g/mol. The minimum absolute atomic E-state index is 0.616. The standard InChI is InChI=1S/C50H30N4O/c51-31-32-24-26-33(27-25-32)43-30-44-46-40(22-11-23-45(46)55-47(44)42-21-8-7-20-41(42)43)38-18-9-16-36(28-38)37-17-10-19-39(29-37)50-53-48(34-12-3-1-4-13-34)52-49(54-50)35-14-5-2-6-15-35/h1-30H. The molecule has 256 valence electrons. The Labute approximate surface area is 317 Å². The van der Waals surface area contributed by atoms with Gasteiger partial charge in [0.05, 0.1) is 11.6 Å². The van der Waals surface area contributed by atoms with Gasteiger partial charge in [-0.25, -0.2) is 15.0 Å². The third-order valence-corrected chi connectivity index (χ3v) is 10.2. The molecule has 0 unspecified atom stereocenters. The quantitative estimate of drug-likeness (QED) is 0.172. The summed E-state index contributed by atoms with van der Waals surface area (Å²) in [5, 5.41) is 13.7. The number of hydrogen-bond acceptors (Lipinski definition) is 5. The van der Waals surface area contributed by atoms with E-state index in [-0.39, 0.29) is 0 Å². The molecule has 2 aromatic heterocycles. The van der Waals surface area contributed by atoms with Crippen molar-refractivity contribution in [1.29, 1.82) is 5.26 Å². The van der Waals surface area contributed by atoms with Crippen LogP contribution >= 0.6 is 0 Å². The van der Waals surface area contributed by atoms with Crippen molar-refractivity contribution < 1.29 is 4.42 Å². The molecule has 0 fully saturated rings. The van der Waals surface area contributed by atoms with E-state index in [2.05, 4.69) is 97.1 Å². The molecule has 0 radical (unpaired) electrons. The van der Waals surface area contributed by atoms with Crippen molar-refractivity contribution in [3.8, 4) is 73.6 Å². The lowest BCUT2D eigenvalue weighted by atomic mass is 9.92. The number of nitrogens with zero attached hydrogens (tertiary/aromatic N) is 4. The third-order valence-electron chi connectivity index (χ3n) is 10.2. The molecular weight excluding hydrogens is 673 g/mol. The lowest BCUT2D eigenvalue weighted by Gasteiger charge is -2.11. The molecule has 0 N–H and O–H groups in total. The summed E-state index contributed by atoms with van der Waals surface area (Å²) in [5.74, 6) is 1.88. The number of rotatable bonds is 6. The minimum Gasteiger partial charge on any atom is -0.455 e. The molecular formula is C50H30N4O. The Balaban J connectivity index is 1.10. The largest absolute Gasteiger partial charge is 0.455 e. The summed E-state index contributed by atoms with van der Waals surface area (Å²) < 4.78 is 6.66. The Morgan fingerprint density at radius 2 is 0.909 bits per heavy atom. The van der Waals surface area contributed by atoms with Crippen molar-refractivity contribution in [2.24, 2.45) is 0 Å². The molecule has 0 saturated heterocycles. The van der Waals surface area contributed by atoms with Crippen molar-refractivity contribution >= 4 is 32.7 Å². The molecule has 5 heteroatoms. The molecule has 5 nitrogen and oxygen atoms in total. The first-order valence-electron chi connectivity index (χ1n) is 18.2. The second-order valence-electron chi connectivity index (χ2n) is 13.5. The average Bonchev–Trinajstić information content (AvgIpc) is 3.66. The van der Waals surface area contributed by atoms with E-state index in [1.807, 2.05) is 91.0 Å². The predicted molar refractivity (Wildman–Crippen MR) is 222 cm³/mol. The zero-order valence-corrected chi connectivity index (χ0v) is 29.5. The molecule has 10 aromatic rings. The summed E-state index contributed by atoms with van der Waals surface area (Å²) in [6.07, 6.45) is 0. The van der Waals surface area contributed by atoms with Crippen LogP contribution in [0.1, 0.15) is 5.56 Å². The van der Waals surface area contributed by atoms with Crippen LogP contribution in [0, 0.1) is 11.3 Å². The summed E-state index contributed by atoms with van der Waals surface area (Å²) in [6.45, 7) is 0. The molecule has 0 aliphatic carbocycles. The number of aromatic nitrogens is 3. The van der Waals surface area contributed by atoms with Gasteiger partial charge >= 0.3 is 0 Å². The monoisotopic (exact) mass is 702 g/mol. The van der Waals surface area contributed by atoms with Crippen molar-refractivity contribution in [3.05, 3.63) is 188 Å². The molecule has 10 rings (SSSR count). The van der Waals surface area contributed by atoms with E-state index in [1.165, 1.54) is 0 Å². The molecule has 0 aliphatic heterocycles. The molecule has 0 aliphatic rings. The fourth-order valence-corrected chi connectivity index (χ4v) is 7.49. The summed E-state index contributed by atoms with van der Waals surface area (Å²) in [7, 11) is 0. The topological polar surface area (TPSA) is 75.6 Å². The van der Waals surface area contributed by atoms with E-state index >= 15 is 0 Å². The lowest BCUT2D eigenvalue weighted by molar-refractivity contribution is 0.673. The lowest BCUT2D eigenvalue weighted by Crippen LogP contribution is -2.00. The fourth-order valence-electron chi connectivity index (χ4n) is 7.49. The van der Waals surface area contributed by atoms with E-state index in [1.54, 1.807) is 0 Å². The Kier molecular flexibility index (Phi) is 7.79. The zero-order chi connectivity index (χ0) is 36.7. The van der Waals surface area contributed by atoms with Crippen LogP contribution in [0.4, 0.5) is 0 Å². The van der Waals surface area contributed by atoms with Crippen molar-refractivity contribution in [1.82, 2.24) is 15.0 Å². The first-order chi connectivity index (χ1) is 27.2. The van der Waals surface area contributed by atoms with Crippen LogP contribution in [-0.4, -0.2) is 15.0 Å². The van der Waals surface area contributed by atoms with Crippen LogP contribution in [0.5, 0.6) is 0 Å². The van der Waals surface area contributed by atoms with Gasteiger partial charge < -0.3 is 4.42 Å². The SMILES string of the molecule is N#Cc1ccc(-c2cc3c(oc4cccc(-c5cccc(-c6cccc(-c7nc(-c8ccccc8)nc(-c8ccccc8)n7)c6)c5)c43)c3ccccc23)cc1. The first-order valence-corrected chi connectivity index (χ1v) is 18.2. The van der Waals surface area contributed by atoms with Gasteiger partial charge in [0.2, 0.25) is 0 Å². The van der Waals surface area contributed by atoms with Gasteiger partial charge in [-0.1, -0.05) is 146 Å². The van der Waals surface area contributed by atoms with Crippen molar-refractivity contribution in [3.63, 3.8) is 0 Å². The second-order valence-corrected chi connectivity index (χ2v) is 13.5. The van der Waals surface area contributed by atoms with Gasteiger partial charge in [-0.05, 0) is 75.2 Å². The van der Waals surface area contributed by atoms with Gasteiger partial charge in [0.25, 0.3) is 0 Å². The molecule has 0 amide bonds. The van der Waals surface area contributed by atoms with E-state index in [0.29, 0.717) is 23.0 Å². The second kappa shape index (κ2) is 13.4. The van der Waals surface area contributed by atoms with E-state index in [9.17, 15) is 5.26 Å². The highest BCUT2D eigenvalue weighted by Gasteiger charge is 2.19. The van der Waals surface area contributed by atoms with Gasteiger partial charge in [-0.2, -0.15) is 5.26 Å². The summed E-state index contributed by atoms with van der Waals surface area (Å²) in [4.78, 5) is 14.8. The molecule has 0 saturated carbocycles. The van der Waals surface area contributed by atoms with Gasteiger partial charge in [-0.3, -0.25) is 0 Å². The van der Waals surface area contributed by atoms with Crippen LogP contribution in [-0.2, 0) is 0 Å². The molecule has 8 aromatic carbocycles. The smallest absolute Gasteiger partial charge is 0.164 e. The Morgan fingerprint density at radius 3 is 1.56 bits per heavy atom. The Hall–Kier alpha value is -7.68. The zero-order valence-electron chi connectivity index (χ0n) is 29.5. The minimum atomic E-state index is 0.616. The van der Waals surface area contributed by atoms with Crippen LogP contribution in [0.25, 0.3) is 100 Å². The normalized spacial score (nSPS) is 11.3. The maximum Gasteiger partial charge on any atom is 0.164 e. The Morgan fingerprint density at radius 1 is 0.382 bits per heavy atom. The Bertz CT molecular complexity index is 3030. The third kappa shape index (κ3) is 5.79. The molecule has 0 spiro atoms. The van der Waals surface area contributed by atoms with Gasteiger partial charge in [0.15, 0.2) is 17.5 Å². The van der Waals surface area contributed by atoms with Crippen molar-refractivity contribution in [2.45, 2.75) is 0 Å². The maximum absolute atomic E-state index is 9.43. The first kappa shape index (κ1) is 32.0.